The van der Waals surface area contributed by atoms with Crippen LogP contribution in [0.1, 0.15) is 0 Å². The average Bonchev–Trinajstić information content (AvgIpc) is 3.54. The first-order valence-electron chi connectivity index (χ1n) is 13.0. The van der Waals surface area contributed by atoms with E-state index in [2.05, 4.69) is 149 Å². The van der Waals surface area contributed by atoms with Gasteiger partial charge in [-0.2, -0.15) is 0 Å². The van der Waals surface area contributed by atoms with Crippen molar-refractivity contribution >= 4 is 43.4 Å². The smallest absolute Gasteiger partial charge is 0.0797 e. The summed E-state index contributed by atoms with van der Waals surface area (Å²) < 4.78 is 2.47. The number of hydrogen-bond donors (Lipinski definition) is 1. The second kappa shape index (κ2) is 8.22. The summed E-state index contributed by atoms with van der Waals surface area (Å²) in [5, 5.41) is 7.41. The Labute approximate surface area is 220 Å². The molecular formula is C36H24N2. The SMILES string of the molecule is c1ccc2c(-c3[nH]c4ccccc4c3-n3c(-c4cccc5ccccc45)cc4ccccc43)cccc2c1. The number of H-pyrrole nitrogens is 1. The molecule has 0 atom stereocenters. The van der Waals surface area contributed by atoms with Crippen LogP contribution in [0.4, 0.5) is 0 Å². The molecule has 8 aromatic rings. The minimum absolute atomic E-state index is 1.13. The van der Waals surface area contributed by atoms with Crippen molar-refractivity contribution in [2.24, 2.45) is 0 Å². The Bertz CT molecular complexity index is 1980. The molecule has 1 N–H and O–H groups in total. The molecule has 178 valence electrons. The maximum atomic E-state index is 3.82. The van der Waals surface area contributed by atoms with Crippen molar-refractivity contribution in [3.8, 4) is 28.2 Å². The van der Waals surface area contributed by atoms with Gasteiger partial charge in [0.1, 0.15) is 0 Å². The summed E-state index contributed by atoms with van der Waals surface area (Å²) in [7, 11) is 0. The summed E-state index contributed by atoms with van der Waals surface area (Å²) in [4.78, 5) is 3.82. The van der Waals surface area contributed by atoms with Gasteiger partial charge in [-0.25, -0.2) is 0 Å². The molecule has 2 heteroatoms. The lowest BCUT2D eigenvalue weighted by Crippen LogP contribution is -1.99. The topological polar surface area (TPSA) is 20.7 Å². The van der Waals surface area contributed by atoms with Crippen molar-refractivity contribution in [2.75, 3.05) is 0 Å². The third-order valence-electron chi connectivity index (χ3n) is 7.74. The summed E-state index contributed by atoms with van der Waals surface area (Å²) in [6.45, 7) is 0. The third kappa shape index (κ3) is 3.07. The van der Waals surface area contributed by atoms with Gasteiger partial charge in [-0.3, -0.25) is 0 Å². The molecule has 0 bridgehead atoms. The molecular weight excluding hydrogens is 460 g/mol. The predicted octanol–water partition coefficient (Wildman–Crippen LogP) is 9.75. The molecule has 0 saturated carbocycles. The summed E-state index contributed by atoms with van der Waals surface area (Å²) in [5.74, 6) is 0. The minimum Gasteiger partial charge on any atom is -0.353 e. The number of para-hydroxylation sites is 2. The molecule has 0 amide bonds. The molecule has 0 unspecified atom stereocenters. The van der Waals surface area contributed by atoms with Gasteiger partial charge < -0.3 is 9.55 Å². The molecule has 0 aliphatic rings. The zero-order valence-corrected chi connectivity index (χ0v) is 20.7. The minimum atomic E-state index is 1.13. The van der Waals surface area contributed by atoms with Crippen molar-refractivity contribution in [1.29, 1.82) is 0 Å². The van der Waals surface area contributed by atoms with Crippen molar-refractivity contribution in [3.05, 3.63) is 140 Å². The summed E-state index contributed by atoms with van der Waals surface area (Å²) in [6.07, 6.45) is 0. The molecule has 38 heavy (non-hydrogen) atoms. The number of fused-ring (bicyclic) bond motifs is 4. The molecule has 0 saturated heterocycles. The predicted molar refractivity (Wildman–Crippen MR) is 161 cm³/mol. The lowest BCUT2D eigenvalue weighted by atomic mass is 10.00. The number of hydrogen-bond acceptors (Lipinski definition) is 0. The maximum absolute atomic E-state index is 3.82. The number of aromatic nitrogens is 2. The van der Waals surface area contributed by atoms with E-state index in [9.17, 15) is 0 Å². The normalized spacial score (nSPS) is 11.7. The van der Waals surface area contributed by atoms with Crippen LogP contribution in [0.25, 0.3) is 71.6 Å². The van der Waals surface area contributed by atoms with Crippen LogP contribution in [-0.2, 0) is 0 Å². The molecule has 0 radical (unpaired) electrons. The zero-order chi connectivity index (χ0) is 25.1. The van der Waals surface area contributed by atoms with E-state index in [4.69, 9.17) is 0 Å². The average molecular weight is 485 g/mol. The monoisotopic (exact) mass is 484 g/mol. The molecule has 6 aromatic carbocycles. The Balaban J connectivity index is 1.55. The summed E-state index contributed by atoms with van der Waals surface area (Å²) >= 11 is 0. The van der Waals surface area contributed by atoms with Crippen molar-refractivity contribution in [3.63, 3.8) is 0 Å². The highest BCUT2D eigenvalue weighted by Gasteiger charge is 2.22. The highest BCUT2D eigenvalue weighted by Crippen LogP contribution is 2.42. The van der Waals surface area contributed by atoms with Crippen molar-refractivity contribution in [2.45, 2.75) is 0 Å². The standard InChI is InChI=1S/C36H24N2/c1-4-16-27-24(11-1)14-9-19-29(27)34-23-26-13-3-8-22-33(26)38(34)36-31-18-6-7-21-32(31)37-35(36)30-20-10-15-25-12-2-5-17-28(25)30/h1-23,37H. The molecule has 0 fully saturated rings. The van der Waals surface area contributed by atoms with Crippen LogP contribution >= 0.6 is 0 Å². The van der Waals surface area contributed by atoms with E-state index in [1.807, 2.05) is 0 Å². The first-order chi connectivity index (χ1) is 18.9. The van der Waals surface area contributed by atoms with E-state index < -0.39 is 0 Å². The highest BCUT2D eigenvalue weighted by molar-refractivity contribution is 6.07. The van der Waals surface area contributed by atoms with E-state index in [0.29, 0.717) is 0 Å². The second-order valence-corrected chi connectivity index (χ2v) is 9.87. The molecule has 0 spiro atoms. The van der Waals surface area contributed by atoms with Crippen LogP contribution < -0.4 is 0 Å². The van der Waals surface area contributed by atoms with Crippen LogP contribution in [0.3, 0.4) is 0 Å². The van der Waals surface area contributed by atoms with Gasteiger partial charge in [-0.15, -0.1) is 0 Å². The van der Waals surface area contributed by atoms with Gasteiger partial charge in [0, 0.05) is 27.4 Å². The van der Waals surface area contributed by atoms with Crippen LogP contribution in [0, 0.1) is 0 Å². The zero-order valence-electron chi connectivity index (χ0n) is 20.7. The van der Waals surface area contributed by atoms with E-state index in [1.165, 1.54) is 60.3 Å². The fourth-order valence-electron chi connectivity index (χ4n) is 6.04. The number of benzene rings is 6. The molecule has 8 rings (SSSR count). The van der Waals surface area contributed by atoms with Gasteiger partial charge in [0.2, 0.25) is 0 Å². The van der Waals surface area contributed by atoms with Crippen LogP contribution in [0.5, 0.6) is 0 Å². The Hall–Kier alpha value is -5.08. The van der Waals surface area contributed by atoms with E-state index >= 15 is 0 Å². The largest absolute Gasteiger partial charge is 0.353 e. The van der Waals surface area contributed by atoms with Gasteiger partial charge in [-0.1, -0.05) is 121 Å². The summed E-state index contributed by atoms with van der Waals surface area (Å²) in [5.41, 5.74) is 8.26. The van der Waals surface area contributed by atoms with Crippen molar-refractivity contribution < 1.29 is 0 Å². The Morgan fingerprint density at radius 3 is 1.76 bits per heavy atom. The number of rotatable bonds is 3. The Kier molecular flexibility index (Phi) is 4.55. The highest BCUT2D eigenvalue weighted by atomic mass is 15.0. The van der Waals surface area contributed by atoms with Crippen molar-refractivity contribution in [1.82, 2.24) is 9.55 Å². The van der Waals surface area contributed by atoms with Gasteiger partial charge in [-0.05, 0) is 39.7 Å². The van der Waals surface area contributed by atoms with Gasteiger partial charge in [0.15, 0.2) is 0 Å². The first-order valence-corrected chi connectivity index (χ1v) is 13.0. The molecule has 2 heterocycles. The molecule has 2 aromatic heterocycles. The fraction of sp³-hybridized carbons (Fsp3) is 0. The van der Waals surface area contributed by atoms with Crippen LogP contribution in [-0.4, -0.2) is 9.55 Å². The maximum Gasteiger partial charge on any atom is 0.0797 e. The van der Waals surface area contributed by atoms with Gasteiger partial charge >= 0.3 is 0 Å². The molecule has 0 aliphatic heterocycles. The quantitative estimate of drug-likeness (QED) is 0.258. The number of nitrogens with zero attached hydrogens (tertiary/aromatic N) is 1. The second-order valence-electron chi connectivity index (χ2n) is 9.87. The first kappa shape index (κ1) is 21.0. The molecule has 2 nitrogen and oxygen atoms in total. The Morgan fingerprint density at radius 1 is 0.447 bits per heavy atom. The van der Waals surface area contributed by atoms with Gasteiger partial charge in [0.25, 0.3) is 0 Å². The van der Waals surface area contributed by atoms with Crippen LogP contribution in [0.15, 0.2) is 140 Å². The number of aromatic amines is 1. The van der Waals surface area contributed by atoms with E-state index in [0.717, 1.165) is 11.2 Å². The molecule has 0 aliphatic carbocycles. The van der Waals surface area contributed by atoms with Gasteiger partial charge in [0.05, 0.1) is 22.6 Å². The summed E-state index contributed by atoms with van der Waals surface area (Å²) in [6, 6.07) is 50.2. The fourth-order valence-corrected chi connectivity index (χ4v) is 6.04. The van der Waals surface area contributed by atoms with E-state index in [-0.39, 0.29) is 0 Å². The number of nitrogens with one attached hydrogen (secondary N) is 1. The lowest BCUT2D eigenvalue weighted by molar-refractivity contribution is 1.15. The van der Waals surface area contributed by atoms with E-state index in [1.54, 1.807) is 0 Å². The Morgan fingerprint density at radius 2 is 1.00 bits per heavy atom. The lowest BCUT2D eigenvalue weighted by Gasteiger charge is -2.16. The van der Waals surface area contributed by atoms with Crippen LogP contribution in [0.2, 0.25) is 0 Å². The third-order valence-corrected chi connectivity index (χ3v) is 7.74.